The summed E-state index contributed by atoms with van der Waals surface area (Å²) in [6.07, 6.45) is 4.64. The predicted octanol–water partition coefficient (Wildman–Crippen LogP) is 2.07. The van der Waals surface area contributed by atoms with Crippen molar-refractivity contribution in [1.82, 2.24) is 14.9 Å². The highest BCUT2D eigenvalue weighted by Crippen LogP contribution is 2.21. The highest BCUT2D eigenvalue weighted by atomic mass is 15.1. The molecular weight excluding hydrogens is 250 g/mol. The standard InChI is InChI=1S/C15H27N5/c1-4-13-18-14(16)11(2)15(19-13)17-8-5-12-6-9-20(3)10-7-12/h12H,4-10H2,1-3H3,(H3,16,17,18,19). The first-order chi connectivity index (χ1) is 9.60. The smallest absolute Gasteiger partial charge is 0.134 e. The van der Waals surface area contributed by atoms with Crippen LogP contribution in [0.4, 0.5) is 11.6 Å². The van der Waals surface area contributed by atoms with E-state index in [4.69, 9.17) is 5.73 Å². The number of rotatable bonds is 5. The quantitative estimate of drug-likeness (QED) is 0.862. The number of anilines is 2. The van der Waals surface area contributed by atoms with Crippen LogP contribution in [0.5, 0.6) is 0 Å². The van der Waals surface area contributed by atoms with Gasteiger partial charge in [-0.1, -0.05) is 6.92 Å². The van der Waals surface area contributed by atoms with E-state index in [1.807, 2.05) is 13.8 Å². The van der Waals surface area contributed by atoms with Gasteiger partial charge in [0.2, 0.25) is 0 Å². The number of nitrogens with one attached hydrogen (secondary N) is 1. The molecule has 0 bridgehead atoms. The monoisotopic (exact) mass is 277 g/mol. The SMILES string of the molecule is CCc1nc(N)c(C)c(NCCC2CCN(C)CC2)n1. The molecule has 1 aliphatic heterocycles. The molecule has 0 aromatic carbocycles. The number of nitrogens with zero attached hydrogens (tertiary/aromatic N) is 3. The molecule has 2 heterocycles. The molecule has 0 saturated carbocycles. The van der Waals surface area contributed by atoms with Crippen LogP contribution in [0.25, 0.3) is 0 Å². The normalized spacial score (nSPS) is 17.4. The van der Waals surface area contributed by atoms with Crippen LogP contribution in [-0.2, 0) is 6.42 Å². The van der Waals surface area contributed by atoms with Crippen LogP contribution in [0.2, 0.25) is 0 Å². The minimum atomic E-state index is 0.596. The van der Waals surface area contributed by atoms with Crippen LogP contribution in [-0.4, -0.2) is 41.5 Å². The lowest BCUT2D eigenvalue weighted by atomic mass is 9.94. The summed E-state index contributed by atoms with van der Waals surface area (Å²) >= 11 is 0. The first-order valence-electron chi connectivity index (χ1n) is 7.65. The zero-order valence-corrected chi connectivity index (χ0v) is 12.9. The van der Waals surface area contributed by atoms with Crippen molar-refractivity contribution in [2.75, 3.05) is 37.7 Å². The molecule has 1 saturated heterocycles. The largest absolute Gasteiger partial charge is 0.383 e. The minimum Gasteiger partial charge on any atom is -0.383 e. The molecule has 0 atom stereocenters. The summed E-state index contributed by atoms with van der Waals surface area (Å²) < 4.78 is 0. The Morgan fingerprint density at radius 1 is 1.30 bits per heavy atom. The van der Waals surface area contributed by atoms with Gasteiger partial charge in [-0.25, -0.2) is 9.97 Å². The molecule has 1 fully saturated rings. The maximum Gasteiger partial charge on any atom is 0.134 e. The Morgan fingerprint density at radius 2 is 2.00 bits per heavy atom. The van der Waals surface area contributed by atoms with Gasteiger partial charge in [-0.3, -0.25) is 0 Å². The molecular formula is C15H27N5. The highest BCUT2D eigenvalue weighted by Gasteiger charge is 2.16. The number of likely N-dealkylation sites (tertiary alicyclic amines) is 1. The Morgan fingerprint density at radius 3 is 2.65 bits per heavy atom. The average Bonchev–Trinajstić information content (AvgIpc) is 2.45. The molecule has 1 aromatic heterocycles. The number of aryl methyl sites for hydroxylation is 1. The Bertz CT molecular complexity index is 438. The maximum atomic E-state index is 5.93. The first-order valence-corrected chi connectivity index (χ1v) is 7.65. The number of aromatic nitrogens is 2. The van der Waals surface area contributed by atoms with Gasteiger partial charge in [0.25, 0.3) is 0 Å². The molecule has 0 radical (unpaired) electrons. The fourth-order valence-electron chi connectivity index (χ4n) is 2.66. The van der Waals surface area contributed by atoms with Crippen LogP contribution >= 0.6 is 0 Å². The molecule has 0 amide bonds. The van der Waals surface area contributed by atoms with E-state index in [0.29, 0.717) is 5.82 Å². The third kappa shape index (κ3) is 3.82. The van der Waals surface area contributed by atoms with Crippen molar-refractivity contribution >= 4 is 11.6 Å². The van der Waals surface area contributed by atoms with Crippen LogP contribution in [0.15, 0.2) is 0 Å². The van der Waals surface area contributed by atoms with E-state index >= 15 is 0 Å². The number of nitrogens with two attached hydrogens (primary N) is 1. The zero-order chi connectivity index (χ0) is 14.5. The second-order valence-electron chi connectivity index (χ2n) is 5.81. The maximum absolute atomic E-state index is 5.93. The Kier molecular flexibility index (Phi) is 5.17. The Labute approximate surface area is 122 Å². The molecule has 3 N–H and O–H groups in total. The van der Waals surface area contributed by atoms with Gasteiger partial charge in [-0.2, -0.15) is 0 Å². The molecule has 0 spiro atoms. The van der Waals surface area contributed by atoms with Gasteiger partial charge in [-0.05, 0) is 52.2 Å². The number of piperidine rings is 1. The van der Waals surface area contributed by atoms with Crippen molar-refractivity contribution in [2.45, 2.75) is 39.5 Å². The molecule has 20 heavy (non-hydrogen) atoms. The molecule has 1 aliphatic rings. The van der Waals surface area contributed by atoms with Crippen molar-refractivity contribution in [3.05, 3.63) is 11.4 Å². The molecule has 2 rings (SSSR count). The van der Waals surface area contributed by atoms with E-state index in [9.17, 15) is 0 Å². The third-order valence-electron chi connectivity index (χ3n) is 4.23. The van der Waals surface area contributed by atoms with Crippen LogP contribution in [0, 0.1) is 12.8 Å². The van der Waals surface area contributed by atoms with Gasteiger partial charge in [0.05, 0.1) is 0 Å². The van der Waals surface area contributed by atoms with Crippen molar-refractivity contribution in [1.29, 1.82) is 0 Å². The molecule has 0 aliphatic carbocycles. The van der Waals surface area contributed by atoms with Gasteiger partial charge >= 0.3 is 0 Å². The topological polar surface area (TPSA) is 67.1 Å². The van der Waals surface area contributed by atoms with E-state index in [1.54, 1.807) is 0 Å². The van der Waals surface area contributed by atoms with Crippen molar-refractivity contribution in [3.63, 3.8) is 0 Å². The fourth-order valence-corrected chi connectivity index (χ4v) is 2.66. The fraction of sp³-hybridized carbons (Fsp3) is 0.733. The predicted molar refractivity (Wildman–Crippen MR) is 83.9 cm³/mol. The molecule has 1 aromatic rings. The minimum absolute atomic E-state index is 0.596. The van der Waals surface area contributed by atoms with Gasteiger partial charge in [-0.15, -0.1) is 0 Å². The number of hydrogen-bond donors (Lipinski definition) is 2. The lowest BCUT2D eigenvalue weighted by Gasteiger charge is -2.29. The first kappa shape index (κ1) is 15.0. The summed E-state index contributed by atoms with van der Waals surface area (Å²) in [6.45, 7) is 7.45. The molecule has 5 heteroatoms. The highest BCUT2D eigenvalue weighted by molar-refractivity contribution is 5.54. The van der Waals surface area contributed by atoms with Crippen molar-refractivity contribution in [3.8, 4) is 0 Å². The molecule has 112 valence electrons. The summed E-state index contributed by atoms with van der Waals surface area (Å²) in [6, 6.07) is 0. The summed E-state index contributed by atoms with van der Waals surface area (Å²) in [4.78, 5) is 11.2. The lowest BCUT2D eigenvalue weighted by molar-refractivity contribution is 0.215. The van der Waals surface area contributed by atoms with Crippen LogP contribution < -0.4 is 11.1 Å². The average molecular weight is 277 g/mol. The summed E-state index contributed by atoms with van der Waals surface area (Å²) in [5.41, 5.74) is 6.89. The van der Waals surface area contributed by atoms with E-state index < -0.39 is 0 Å². The number of hydrogen-bond acceptors (Lipinski definition) is 5. The van der Waals surface area contributed by atoms with Crippen LogP contribution in [0.3, 0.4) is 0 Å². The molecule has 0 unspecified atom stereocenters. The summed E-state index contributed by atoms with van der Waals surface area (Å²) in [7, 11) is 2.20. The second kappa shape index (κ2) is 6.88. The van der Waals surface area contributed by atoms with Gasteiger partial charge < -0.3 is 16.0 Å². The van der Waals surface area contributed by atoms with E-state index in [2.05, 4.69) is 27.2 Å². The second-order valence-corrected chi connectivity index (χ2v) is 5.81. The molecule has 5 nitrogen and oxygen atoms in total. The van der Waals surface area contributed by atoms with Crippen molar-refractivity contribution < 1.29 is 0 Å². The van der Waals surface area contributed by atoms with Crippen LogP contribution in [0.1, 0.15) is 37.6 Å². The van der Waals surface area contributed by atoms with Gasteiger partial charge in [0.1, 0.15) is 17.5 Å². The Balaban J connectivity index is 1.86. The summed E-state index contributed by atoms with van der Waals surface area (Å²) in [5, 5.41) is 3.44. The van der Waals surface area contributed by atoms with E-state index in [0.717, 1.165) is 36.1 Å². The summed E-state index contributed by atoms with van der Waals surface area (Å²) in [5.74, 6) is 3.15. The van der Waals surface area contributed by atoms with Gasteiger partial charge in [0.15, 0.2) is 0 Å². The number of nitrogen functional groups attached to an aromatic ring is 1. The van der Waals surface area contributed by atoms with Crippen molar-refractivity contribution in [2.24, 2.45) is 5.92 Å². The van der Waals surface area contributed by atoms with Gasteiger partial charge in [0, 0.05) is 18.5 Å². The third-order valence-corrected chi connectivity index (χ3v) is 4.23. The zero-order valence-electron chi connectivity index (χ0n) is 12.9. The lowest BCUT2D eigenvalue weighted by Crippen LogP contribution is -2.31. The van der Waals surface area contributed by atoms with E-state index in [-0.39, 0.29) is 0 Å². The van der Waals surface area contributed by atoms with E-state index in [1.165, 1.54) is 32.4 Å². The Hall–Kier alpha value is -1.36.